The maximum atomic E-state index is 13.5. The van der Waals surface area contributed by atoms with Gasteiger partial charge in [0, 0.05) is 64.8 Å². The van der Waals surface area contributed by atoms with Crippen molar-refractivity contribution in [3.63, 3.8) is 0 Å². The van der Waals surface area contributed by atoms with E-state index in [2.05, 4.69) is 15.2 Å². The zero-order valence-corrected chi connectivity index (χ0v) is 19.6. The van der Waals surface area contributed by atoms with Gasteiger partial charge >= 0.3 is 0 Å². The molecule has 5 rings (SSSR count). The number of nitrogens with zero attached hydrogens (tertiary/aromatic N) is 4. The van der Waals surface area contributed by atoms with Crippen molar-refractivity contribution in [3.8, 4) is 6.07 Å². The van der Waals surface area contributed by atoms with E-state index in [0.29, 0.717) is 35.2 Å². The number of nitriles is 1. The number of unbranched alkanes of at least 4 members (excludes halogenated alkanes) is 2. The number of imide groups is 1. The highest BCUT2D eigenvalue weighted by Crippen LogP contribution is 2.41. The van der Waals surface area contributed by atoms with Gasteiger partial charge in [0.1, 0.15) is 6.73 Å². The normalized spacial score (nSPS) is 14.0. The molecule has 0 saturated carbocycles. The number of hydrogen-bond donors (Lipinski definition) is 1. The first-order chi connectivity index (χ1) is 17.1. The predicted octanol–water partition coefficient (Wildman–Crippen LogP) is 4.54. The quantitative estimate of drug-likeness (QED) is 0.305. The van der Waals surface area contributed by atoms with Crippen molar-refractivity contribution in [1.82, 2.24) is 14.0 Å². The van der Waals surface area contributed by atoms with Gasteiger partial charge in [0.25, 0.3) is 11.8 Å². The molecule has 1 aliphatic heterocycles. The summed E-state index contributed by atoms with van der Waals surface area (Å²) >= 11 is 0. The van der Waals surface area contributed by atoms with Crippen molar-refractivity contribution in [1.29, 1.82) is 5.26 Å². The summed E-state index contributed by atoms with van der Waals surface area (Å²) in [5.41, 5.74) is 3.95. The molecule has 0 aliphatic carbocycles. The molecule has 0 radical (unpaired) electrons. The average Bonchev–Trinajstić information content (AvgIpc) is 3.51. The number of aromatic nitrogens is 2. The number of aryl methyl sites for hydroxylation is 2. The molecule has 176 valence electrons. The molecular weight excluding hydrogens is 440 g/mol. The summed E-state index contributed by atoms with van der Waals surface area (Å²) in [7, 11) is 0. The molecular formula is C28H26N4O3. The van der Waals surface area contributed by atoms with Gasteiger partial charge in [-0.15, -0.1) is 0 Å². The van der Waals surface area contributed by atoms with Crippen molar-refractivity contribution < 1.29 is 14.7 Å². The number of carbonyl (C=O) groups is 2. The standard InChI is InChI=1S/C28H26N4O3/c1-2-30-16-21(19-10-4-6-12-23(19)30)25-26(28(35)32(18-33)27(25)34)22-17-31(15-9-3-8-14-29)24-13-7-5-11-20(22)24/h4-7,10-13,16-17,33H,2-3,8-9,15,18H2,1H3. The van der Waals surface area contributed by atoms with Crippen LogP contribution in [0.4, 0.5) is 0 Å². The molecule has 0 bridgehead atoms. The first-order valence-electron chi connectivity index (χ1n) is 11.9. The third kappa shape index (κ3) is 3.63. The lowest BCUT2D eigenvalue weighted by Gasteiger charge is -2.10. The highest BCUT2D eigenvalue weighted by atomic mass is 16.3. The Labute approximate surface area is 203 Å². The fourth-order valence-electron chi connectivity index (χ4n) is 5.03. The third-order valence-corrected chi connectivity index (χ3v) is 6.70. The first-order valence-corrected chi connectivity index (χ1v) is 11.9. The molecule has 0 atom stereocenters. The van der Waals surface area contributed by atoms with Crippen LogP contribution in [0.3, 0.4) is 0 Å². The number of rotatable bonds is 8. The van der Waals surface area contributed by atoms with E-state index in [1.807, 2.05) is 67.8 Å². The van der Waals surface area contributed by atoms with Gasteiger partial charge in [0.2, 0.25) is 0 Å². The minimum atomic E-state index is -0.677. The summed E-state index contributed by atoms with van der Waals surface area (Å²) < 4.78 is 4.15. The van der Waals surface area contributed by atoms with Crippen molar-refractivity contribution in [2.24, 2.45) is 0 Å². The molecule has 2 amide bonds. The molecule has 7 heteroatoms. The molecule has 35 heavy (non-hydrogen) atoms. The van der Waals surface area contributed by atoms with E-state index < -0.39 is 18.5 Å². The second-order valence-corrected chi connectivity index (χ2v) is 8.64. The van der Waals surface area contributed by atoms with Crippen LogP contribution >= 0.6 is 0 Å². The predicted molar refractivity (Wildman–Crippen MR) is 135 cm³/mol. The van der Waals surface area contributed by atoms with Crippen LogP contribution in [-0.4, -0.2) is 37.7 Å². The van der Waals surface area contributed by atoms with Gasteiger partial charge in [-0.3, -0.25) is 14.5 Å². The second kappa shape index (κ2) is 9.24. The monoisotopic (exact) mass is 466 g/mol. The van der Waals surface area contributed by atoms with Gasteiger partial charge in [0.05, 0.1) is 17.2 Å². The van der Waals surface area contributed by atoms with E-state index in [-0.39, 0.29) is 0 Å². The molecule has 0 saturated heterocycles. The number of aliphatic hydroxyl groups is 1. The van der Waals surface area contributed by atoms with Crippen LogP contribution in [-0.2, 0) is 22.7 Å². The van der Waals surface area contributed by atoms with Gasteiger partial charge < -0.3 is 14.2 Å². The third-order valence-electron chi connectivity index (χ3n) is 6.70. The molecule has 0 unspecified atom stereocenters. The minimum Gasteiger partial charge on any atom is -0.376 e. The fourth-order valence-corrected chi connectivity index (χ4v) is 5.03. The van der Waals surface area contributed by atoms with E-state index in [9.17, 15) is 14.7 Å². The summed E-state index contributed by atoms with van der Waals surface area (Å²) in [6.07, 6.45) is 5.97. The van der Waals surface area contributed by atoms with E-state index in [1.54, 1.807) is 0 Å². The molecule has 0 fully saturated rings. The molecule has 0 spiro atoms. The molecule has 7 nitrogen and oxygen atoms in total. The Morgan fingerprint density at radius 1 is 0.829 bits per heavy atom. The Morgan fingerprint density at radius 3 is 1.91 bits per heavy atom. The number of aliphatic hydroxyl groups excluding tert-OH is 1. The lowest BCUT2D eigenvalue weighted by Crippen LogP contribution is -2.32. The van der Waals surface area contributed by atoms with Crippen LogP contribution in [0.15, 0.2) is 60.9 Å². The van der Waals surface area contributed by atoms with Gasteiger partial charge in [0.15, 0.2) is 0 Å². The van der Waals surface area contributed by atoms with Gasteiger partial charge in [-0.2, -0.15) is 5.26 Å². The first kappa shape index (κ1) is 22.6. The Balaban J connectivity index is 1.75. The summed E-state index contributed by atoms with van der Waals surface area (Å²) in [5, 5.41) is 20.5. The fraction of sp³-hybridized carbons (Fsp3) is 0.250. The van der Waals surface area contributed by atoms with Crippen molar-refractivity contribution in [3.05, 3.63) is 72.1 Å². The molecule has 2 aromatic heterocycles. The highest BCUT2D eigenvalue weighted by Gasteiger charge is 2.41. The average molecular weight is 467 g/mol. The van der Waals surface area contributed by atoms with Crippen molar-refractivity contribution in [2.45, 2.75) is 39.3 Å². The van der Waals surface area contributed by atoms with Crippen molar-refractivity contribution >= 4 is 44.8 Å². The van der Waals surface area contributed by atoms with Crippen molar-refractivity contribution in [2.75, 3.05) is 6.73 Å². The minimum absolute atomic E-state index is 0.315. The van der Waals surface area contributed by atoms with E-state index >= 15 is 0 Å². The van der Waals surface area contributed by atoms with Crippen LogP contribution < -0.4 is 0 Å². The highest BCUT2D eigenvalue weighted by molar-refractivity contribution is 6.50. The number of hydrogen-bond acceptors (Lipinski definition) is 4. The van der Waals surface area contributed by atoms with E-state index in [0.717, 1.165) is 46.1 Å². The topological polar surface area (TPSA) is 91.3 Å². The maximum absolute atomic E-state index is 13.5. The van der Waals surface area contributed by atoms with Crippen LogP contribution in [0, 0.1) is 11.3 Å². The summed E-state index contributed by atoms with van der Waals surface area (Å²) in [6.45, 7) is 2.78. The van der Waals surface area contributed by atoms with Gasteiger partial charge in [-0.1, -0.05) is 36.4 Å². The van der Waals surface area contributed by atoms with Crippen LogP contribution in [0.25, 0.3) is 33.0 Å². The Hall–Kier alpha value is -4.15. The Morgan fingerprint density at radius 2 is 1.37 bits per heavy atom. The summed E-state index contributed by atoms with van der Waals surface area (Å²) in [5.74, 6) is -0.981. The number of amides is 2. The van der Waals surface area contributed by atoms with Crippen LogP contribution in [0.2, 0.25) is 0 Å². The van der Waals surface area contributed by atoms with Crippen LogP contribution in [0.1, 0.15) is 37.3 Å². The summed E-state index contributed by atoms with van der Waals surface area (Å²) in [6, 6.07) is 17.8. The number of benzene rings is 2. The summed E-state index contributed by atoms with van der Waals surface area (Å²) in [4.78, 5) is 27.9. The zero-order valence-electron chi connectivity index (χ0n) is 19.6. The smallest absolute Gasteiger partial charge is 0.264 e. The number of para-hydroxylation sites is 2. The van der Waals surface area contributed by atoms with E-state index in [4.69, 9.17) is 5.26 Å². The van der Waals surface area contributed by atoms with Gasteiger partial charge in [-0.05, 0) is 31.9 Å². The molecule has 1 N–H and O–H groups in total. The number of carbonyl (C=O) groups excluding carboxylic acids is 2. The second-order valence-electron chi connectivity index (χ2n) is 8.64. The SMILES string of the molecule is CCn1cc(C2=C(c3cn(CCCCC#N)c4ccccc34)C(=O)N(CO)C2=O)c2ccccc21. The lowest BCUT2D eigenvalue weighted by atomic mass is 9.95. The molecule has 3 heterocycles. The molecule has 1 aliphatic rings. The molecule has 4 aromatic rings. The lowest BCUT2D eigenvalue weighted by molar-refractivity contribution is -0.139. The van der Waals surface area contributed by atoms with E-state index in [1.165, 1.54) is 0 Å². The number of fused-ring (bicyclic) bond motifs is 2. The Kier molecular flexibility index (Phi) is 5.98. The van der Waals surface area contributed by atoms with Gasteiger partial charge in [-0.25, -0.2) is 0 Å². The van der Waals surface area contributed by atoms with Crippen LogP contribution in [0.5, 0.6) is 0 Å². The largest absolute Gasteiger partial charge is 0.376 e. The molecule has 2 aromatic carbocycles. The zero-order chi connectivity index (χ0) is 24.5. The maximum Gasteiger partial charge on any atom is 0.264 e. The Bertz CT molecular complexity index is 1530.